The summed E-state index contributed by atoms with van der Waals surface area (Å²) >= 11 is 3.51. The highest BCUT2D eigenvalue weighted by Crippen LogP contribution is 2.23. The lowest BCUT2D eigenvalue weighted by Gasteiger charge is -2.06. The number of hydrogen-bond acceptors (Lipinski definition) is 1. The van der Waals surface area contributed by atoms with Crippen molar-refractivity contribution < 1.29 is 0 Å². The minimum atomic E-state index is 0.754. The Bertz CT molecular complexity index is 465. The van der Waals surface area contributed by atoms with Crippen molar-refractivity contribution in [2.45, 2.75) is 12.8 Å². The van der Waals surface area contributed by atoms with Gasteiger partial charge >= 0.3 is 0 Å². The molecule has 2 aromatic rings. The number of aryl methyl sites for hydroxylation is 1. The van der Waals surface area contributed by atoms with E-state index in [2.05, 4.69) is 52.3 Å². The summed E-state index contributed by atoms with van der Waals surface area (Å²) in [6.45, 7) is 0.754. The van der Waals surface area contributed by atoms with E-state index in [4.69, 9.17) is 5.73 Å². The van der Waals surface area contributed by atoms with Crippen LogP contribution in [0.1, 0.15) is 12.0 Å². The molecule has 0 aliphatic carbocycles. The van der Waals surface area contributed by atoms with Gasteiger partial charge in [0.25, 0.3) is 0 Å². The predicted molar refractivity (Wildman–Crippen MR) is 69.0 cm³/mol. The van der Waals surface area contributed by atoms with Gasteiger partial charge in [-0.1, -0.05) is 40.2 Å². The van der Waals surface area contributed by atoms with Crippen LogP contribution in [0.3, 0.4) is 0 Å². The van der Waals surface area contributed by atoms with Crippen LogP contribution in [0.2, 0.25) is 0 Å². The topological polar surface area (TPSA) is 26.0 Å². The van der Waals surface area contributed by atoms with Gasteiger partial charge in [0.05, 0.1) is 0 Å². The fraction of sp³-hybridized carbons (Fsp3) is 0.231. The molecule has 0 saturated carbocycles. The SMILES string of the molecule is NCCCc1cccc2ccc(Br)cc12. The summed E-state index contributed by atoms with van der Waals surface area (Å²) in [5.41, 5.74) is 6.93. The highest BCUT2D eigenvalue weighted by Gasteiger charge is 2.00. The molecular weight excluding hydrogens is 250 g/mol. The normalized spacial score (nSPS) is 10.8. The fourth-order valence-electron chi connectivity index (χ4n) is 1.82. The first-order valence-corrected chi connectivity index (χ1v) is 5.98. The Hall–Kier alpha value is -0.860. The highest BCUT2D eigenvalue weighted by molar-refractivity contribution is 9.10. The Kier molecular flexibility index (Phi) is 3.39. The Morgan fingerprint density at radius 2 is 2.00 bits per heavy atom. The van der Waals surface area contributed by atoms with E-state index in [9.17, 15) is 0 Å². The van der Waals surface area contributed by atoms with Gasteiger partial charge in [-0.3, -0.25) is 0 Å². The van der Waals surface area contributed by atoms with Crippen LogP contribution in [0.15, 0.2) is 40.9 Å². The van der Waals surface area contributed by atoms with Gasteiger partial charge in [-0.05, 0) is 47.9 Å². The first kappa shape index (κ1) is 10.7. The van der Waals surface area contributed by atoms with Gasteiger partial charge in [0.15, 0.2) is 0 Å². The minimum absolute atomic E-state index is 0.754. The molecular formula is C13H14BrN. The third-order valence-corrected chi connectivity index (χ3v) is 3.08. The second-order valence-electron chi connectivity index (χ2n) is 3.67. The Balaban J connectivity index is 2.48. The molecule has 0 heterocycles. The van der Waals surface area contributed by atoms with Crippen LogP contribution in [0.5, 0.6) is 0 Å². The van der Waals surface area contributed by atoms with Crippen molar-refractivity contribution in [3.05, 3.63) is 46.4 Å². The predicted octanol–water partition coefficient (Wildman–Crippen LogP) is 3.49. The third kappa shape index (κ3) is 2.39. The van der Waals surface area contributed by atoms with E-state index in [-0.39, 0.29) is 0 Å². The fourth-order valence-corrected chi connectivity index (χ4v) is 2.18. The first-order valence-electron chi connectivity index (χ1n) is 5.18. The van der Waals surface area contributed by atoms with Gasteiger partial charge in [-0.25, -0.2) is 0 Å². The molecule has 2 N–H and O–H groups in total. The van der Waals surface area contributed by atoms with Crippen LogP contribution in [-0.4, -0.2) is 6.54 Å². The van der Waals surface area contributed by atoms with Gasteiger partial charge in [0.2, 0.25) is 0 Å². The molecule has 0 aliphatic rings. The first-order chi connectivity index (χ1) is 7.31. The smallest absolute Gasteiger partial charge is 0.0181 e. The molecule has 0 radical (unpaired) electrons. The molecule has 0 aliphatic heterocycles. The van der Waals surface area contributed by atoms with Crippen LogP contribution >= 0.6 is 15.9 Å². The largest absolute Gasteiger partial charge is 0.330 e. The Labute approximate surface area is 98.4 Å². The van der Waals surface area contributed by atoms with E-state index < -0.39 is 0 Å². The number of halogens is 1. The lowest BCUT2D eigenvalue weighted by atomic mass is 10.0. The number of rotatable bonds is 3. The van der Waals surface area contributed by atoms with E-state index in [0.29, 0.717) is 0 Å². The quantitative estimate of drug-likeness (QED) is 0.902. The molecule has 0 bridgehead atoms. The zero-order valence-electron chi connectivity index (χ0n) is 8.54. The van der Waals surface area contributed by atoms with Gasteiger partial charge in [0, 0.05) is 4.47 Å². The summed E-state index contributed by atoms with van der Waals surface area (Å²) in [5.74, 6) is 0. The van der Waals surface area contributed by atoms with E-state index in [1.807, 2.05) is 0 Å². The van der Waals surface area contributed by atoms with E-state index in [0.717, 1.165) is 23.9 Å². The molecule has 1 nitrogen and oxygen atoms in total. The summed E-state index contributed by atoms with van der Waals surface area (Å²) in [4.78, 5) is 0. The zero-order chi connectivity index (χ0) is 10.7. The number of fused-ring (bicyclic) bond motifs is 1. The highest BCUT2D eigenvalue weighted by atomic mass is 79.9. The number of nitrogens with two attached hydrogens (primary N) is 1. The van der Waals surface area contributed by atoms with E-state index in [1.165, 1.54) is 16.3 Å². The van der Waals surface area contributed by atoms with Crippen LogP contribution in [-0.2, 0) is 6.42 Å². The summed E-state index contributed by atoms with van der Waals surface area (Å²) in [5, 5.41) is 2.63. The average Bonchev–Trinajstić information content (AvgIpc) is 2.26. The molecule has 0 unspecified atom stereocenters. The standard InChI is InChI=1S/C13H14BrN/c14-12-7-6-11-4-1-3-10(5-2-8-15)13(11)9-12/h1,3-4,6-7,9H,2,5,8,15H2. The molecule has 2 aromatic carbocycles. The molecule has 0 atom stereocenters. The van der Waals surface area contributed by atoms with Crippen molar-refractivity contribution in [3.63, 3.8) is 0 Å². The lowest BCUT2D eigenvalue weighted by molar-refractivity contribution is 0.837. The van der Waals surface area contributed by atoms with Crippen molar-refractivity contribution >= 4 is 26.7 Å². The second-order valence-corrected chi connectivity index (χ2v) is 4.59. The Morgan fingerprint density at radius 3 is 2.80 bits per heavy atom. The van der Waals surface area contributed by atoms with Gasteiger partial charge in [-0.2, -0.15) is 0 Å². The second kappa shape index (κ2) is 4.77. The monoisotopic (exact) mass is 263 g/mol. The van der Waals surface area contributed by atoms with Crippen LogP contribution < -0.4 is 5.73 Å². The maximum Gasteiger partial charge on any atom is 0.0181 e. The van der Waals surface area contributed by atoms with Crippen LogP contribution in [0.4, 0.5) is 0 Å². The third-order valence-electron chi connectivity index (χ3n) is 2.58. The van der Waals surface area contributed by atoms with Crippen LogP contribution in [0, 0.1) is 0 Å². The van der Waals surface area contributed by atoms with E-state index in [1.54, 1.807) is 0 Å². The van der Waals surface area contributed by atoms with Crippen molar-refractivity contribution in [2.24, 2.45) is 5.73 Å². The summed E-state index contributed by atoms with van der Waals surface area (Å²) < 4.78 is 1.13. The molecule has 0 saturated heterocycles. The molecule has 0 spiro atoms. The summed E-state index contributed by atoms with van der Waals surface area (Å²) in [6.07, 6.45) is 2.11. The maximum absolute atomic E-state index is 5.54. The van der Waals surface area contributed by atoms with Crippen molar-refractivity contribution in [1.82, 2.24) is 0 Å². The molecule has 2 rings (SSSR count). The van der Waals surface area contributed by atoms with Gasteiger partial charge in [0.1, 0.15) is 0 Å². The zero-order valence-corrected chi connectivity index (χ0v) is 10.1. The number of benzene rings is 2. The van der Waals surface area contributed by atoms with Gasteiger partial charge in [-0.15, -0.1) is 0 Å². The van der Waals surface area contributed by atoms with Crippen molar-refractivity contribution in [3.8, 4) is 0 Å². The lowest BCUT2D eigenvalue weighted by Crippen LogP contribution is -2.00. The van der Waals surface area contributed by atoms with Crippen LogP contribution in [0.25, 0.3) is 10.8 Å². The molecule has 0 amide bonds. The molecule has 78 valence electrons. The summed E-state index contributed by atoms with van der Waals surface area (Å²) in [6, 6.07) is 12.8. The molecule has 0 aromatic heterocycles. The number of hydrogen-bond donors (Lipinski definition) is 1. The summed E-state index contributed by atoms with van der Waals surface area (Å²) in [7, 11) is 0. The van der Waals surface area contributed by atoms with Gasteiger partial charge < -0.3 is 5.73 Å². The Morgan fingerprint density at radius 1 is 1.13 bits per heavy atom. The van der Waals surface area contributed by atoms with Crippen molar-refractivity contribution in [1.29, 1.82) is 0 Å². The minimum Gasteiger partial charge on any atom is -0.330 e. The van der Waals surface area contributed by atoms with Crippen molar-refractivity contribution in [2.75, 3.05) is 6.54 Å². The average molecular weight is 264 g/mol. The molecule has 0 fully saturated rings. The molecule has 2 heteroatoms. The van der Waals surface area contributed by atoms with E-state index >= 15 is 0 Å². The molecule has 15 heavy (non-hydrogen) atoms. The maximum atomic E-state index is 5.54.